The van der Waals surface area contributed by atoms with Crippen molar-refractivity contribution in [3.05, 3.63) is 56.5 Å². The van der Waals surface area contributed by atoms with Crippen LogP contribution < -0.4 is 4.74 Å². The van der Waals surface area contributed by atoms with Gasteiger partial charge in [-0.15, -0.1) is 11.3 Å². The zero-order valence-electron chi connectivity index (χ0n) is 13.9. The number of hydrogen-bond acceptors (Lipinski definition) is 3. The van der Waals surface area contributed by atoms with Crippen molar-refractivity contribution >= 4 is 33.2 Å². The molecule has 1 aromatic heterocycles. The summed E-state index contributed by atoms with van der Waals surface area (Å²) in [5.41, 5.74) is 5.94. The first kappa shape index (κ1) is 16.3. The third-order valence-electron chi connectivity index (χ3n) is 4.25. The largest absolute Gasteiger partial charge is 0.489 e. The topological polar surface area (TPSA) is 22.1 Å². The first-order chi connectivity index (χ1) is 11.0. The molecule has 0 atom stereocenters. The van der Waals surface area contributed by atoms with Gasteiger partial charge in [0, 0.05) is 10.6 Å². The van der Waals surface area contributed by atoms with Gasteiger partial charge >= 0.3 is 0 Å². The zero-order valence-corrected chi connectivity index (χ0v) is 15.4. The predicted molar refractivity (Wildman–Crippen MR) is 99.0 cm³/mol. The quantitative estimate of drug-likeness (QED) is 0.577. The molecule has 120 valence electrons. The molecule has 0 fully saturated rings. The molecular weight excluding hydrogens is 326 g/mol. The number of aryl methyl sites for hydroxylation is 2. The first-order valence-electron chi connectivity index (χ1n) is 7.77. The van der Waals surface area contributed by atoms with Crippen LogP contribution in [-0.4, -0.2) is 4.98 Å². The molecule has 0 aliphatic heterocycles. The summed E-state index contributed by atoms with van der Waals surface area (Å²) in [6.45, 7) is 8.97. The predicted octanol–water partition coefficient (Wildman–Crippen LogP) is 6.02. The van der Waals surface area contributed by atoms with E-state index in [-0.39, 0.29) is 0 Å². The van der Waals surface area contributed by atoms with Crippen molar-refractivity contribution in [1.82, 2.24) is 4.98 Å². The van der Waals surface area contributed by atoms with Crippen molar-refractivity contribution in [2.45, 2.75) is 40.7 Å². The standard InChI is InChI=1S/C19H20ClNOS/c1-5-14-6-7-18(12(3)11(14)2)22-10-15-8-16(20)9-17-19(15)23-13(4)21-17/h6-9H,5,10H2,1-4H3. The van der Waals surface area contributed by atoms with Crippen LogP contribution in [0.4, 0.5) is 0 Å². The summed E-state index contributed by atoms with van der Waals surface area (Å²) in [6.07, 6.45) is 1.04. The molecule has 0 unspecified atom stereocenters. The van der Waals surface area contributed by atoms with E-state index < -0.39 is 0 Å². The summed E-state index contributed by atoms with van der Waals surface area (Å²) in [7, 11) is 0. The lowest BCUT2D eigenvalue weighted by molar-refractivity contribution is 0.305. The van der Waals surface area contributed by atoms with Crippen molar-refractivity contribution in [2.75, 3.05) is 0 Å². The fraction of sp³-hybridized carbons (Fsp3) is 0.316. The summed E-state index contributed by atoms with van der Waals surface area (Å²) in [5.74, 6) is 0.939. The molecule has 0 saturated heterocycles. The second-order valence-electron chi connectivity index (χ2n) is 5.76. The van der Waals surface area contributed by atoms with Gasteiger partial charge in [-0.1, -0.05) is 24.6 Å². The monoisotopic (exact) mass is 345 g/mol. The first-order valence-corrected chi connectivity index (χ1v) is 8.96. The van der Waals surface area contributed by atoms with Crippen molar-refractivity contribution in [3.8, 4) is 5.75 Å². The van der Waals surface area contributed by atoms with Gasteiger partial charge in [-0.25, -0.2) is 4.98 Å². The van der Waals surface area contributed by atoms with Gasteiger partial charge < -0.3 is 4.74 Å². The van der Waals surface area contributed by atoms with E-state index in [0.29, 0.717) is 11.6 Å². The van der Waals surface area contributed by atoms with E-state index >= 15 is 0 Å². The van der Waals surface area contributed by atoms with Gasteiger partial charge in [0.1, 0.15) is 12.4 Å². The molecule has 0 aliphatic carbocycles. The number of benzene rings is 2. The van der Waals surface area contributed by atoms with Crippen LogP contribution in [0.2, 0.25) is 5.02 Å². The van der Waals surface area contributed by atoms with Crippen LogP contribution in [0.15, 0.2) is 24.3 Å². The van der Waals surface area contributed by atoms with Crippen LogP contribution in [0.3, 0.4) is 0 Å². The van der Waals surface area contributed by atoms with Gasteiger partial charge in [-0.05, 0) is 62.1 Å². The molecule has 4 heteroatoms. The Morgan fingerprint density at radius 1 is 1.09 bits per heavy atom. The number of ether oxygens (including phenoxy) is 1. The summed E-state index contributed by atoms with van der Waals surface area (Å²) >= 11 is 7.91. The number of rotatable bonds is 4. The van der Waals surface area contributed by atoms with E-state index in [0.717, 1.165) is 33.0 Å². The number of halogens is 1. The fourth-order valence-corrected chi connectivity index (χ4v) is 3.96. The van der Waals surface area contributed by atoms with E-state index in [9.17, 15) is 0 Å². The van der Waals surface area contributed by atoms with Gasteiger partial charge in [0.15, 0.2) is 0 Å². The molecule has 23 heavy (non-hydrogen) atoms. The van der Waals surface area contributed by atoms with Crippen molar-refractivity contribution < 1.29 is 4.74 Å². The van der Waals surface area contributed by atoms with Crippen LogP contribution >= 0.6 is 22.9 Å². The molecule has 0 radical (unpaired) electrons. The third-order valence-corrected chi connectivity index (χ3v) is 5.53. The van der Waals surface area contributed by atoms with Crippen LogP contribution in [0.5, 0.6) is 5.75 Å². The number of fused-ring (bicyclic) bond motifs is 1. The maximum Gasteiger partial charge on any atom is 0.123 e. The van der Waals surface area contributed by atoms with E-state index in [1.807, 2.05) is 19.1 Å². The van der Waals surface area contributed by atoms with Crippen LogP contribution in [0, 0.1) is 20.8 Å². The zero-order chi connectivity index (χ0) is 16.6. The number of thiazole rings is 1. The minimum Gasteiger partial charge on any atom is -0.489 e. The SMILES string of the molecule is CCc1ccc(OCc2cc(Cl)cc3nc(C)sc23)c(C)c1C. The van der Waals surface area contributed by atoms with Crippen molar-refractivity contribution in [3.63, 3.8) is 0 Å². The molecule has 2 nitrogen and oxygen atoms in total. The molecule has 2 aromatic carbocycles. The van der Waals surface area contributed by atoms with E-state index in [1.165, 1.54) is 16.7 Å². The Hall–Kier alpha value is -1.58. The molecule has 0 spiro atoms. The van der Waals surface area contributed by atoms with Gasteiger partial charge in [0.25, 0.3) is 0 Å². The highest BCUT2D eigenvalue weighted by Crippen LogP contribution is 2.31. The minimum absolute atomic E-state index is 0.504. The van der Waals surface area contributed by atoms with Gasteiger partial charge in [-0.2, -0.15) is 0 Å². The van der Waals surface area contributed by atoms with Crippen molar-refractivity contribution in [1.29, 1.82) is 0 Å². The Morgan fingerprint density at radius 2 is 1.87 bits per heavy atom. The lowest BCUT2D eigenvalue weighted by Crippen LogP contribution is -2.00. The Morgan fingerprint density at radius 3 is 2.61 bits per heavy atom. The minimum atomic E-state index is 0.504. The molecule has 0 amide bonds. The molecule has 1 heterocycles. The molecule has 0 bridgehead atoms. The van der Waals surface area contributed by atoms with Crippen LogP contribution in [0.1, 0.15) is 34.2 Å². The molecule has 0 saturated carbocycles. The lowest BCUT2D eigenvalue weighted by atomic mass is 10.0. The lowest BCUT2D eigenvalue weighted by Gasteiger charge is -2.14. The van der Waals surface area contributed by atoms with Crippen molar-refractivity contribution in [2.24, 2.45) is 0 Å². The number of nitrogens with zero attached hydrogens (tertiary/aromatic N) is 1. The van der Waals surface area contributed by atoms with E-state index in [1.54, 1.807) is 11.3 Å². The second kappa shape index (κ2) is 6.50. The summed E-state index contributed by atoms with van der Waals surface area (Å²) < 4.78 is 7.25. The fourth-order valence-electron chi connectivity index (χ4n) is 2.83. The summed E-state index contributed by atoms with van der Waals surface area (Å²) in [4.78, 5) is 4.52. The molecular formula is C19H20ClNOS. The Labute approximate surface area is 146 Å². The van der Waals surface area contributed by atoms with E-state index in [2.05, 4.69) is 37.9 Å². The molecule has 0 N–H and O–H groups in total. The highest BCUT2D eigenvalue weighted by atomic mass is 35.5. The van der Waals surface area contributed by atoms with Gasteiger partial charge in [0.05, 0.1) is 15.2 Å². The maximum absolute atomic E-state index is 6.22. The molecule has 0 aliphatic rings. The Bertz CT molecular complexity index is 869. The maximum atomic E-state index is 6.22. The normalized spacial score (nSPS) is 11.2. The number of aromatic nitrogens is 1. The van der Waals surface area contributed by atoms with Crippen LogP contribution in [-0.2, 0) is 13.0 Å². The third kappa shape index (κ3) is 3.22. The molecule has 3 rings (SSSR count). The smallest absolute Gasteiger partial charge is 0.123 e. The molecule has 3 aromatic rings. The summed E-state index contributed by atoms with van der Waals surface area (Å²) in [6, 6.07) is 8.11. The Balaban J connectivity index is 1.91. The Kier molecular flexibility index (Phi) is 4.60. The average molecular weight is 346 g/mol. The van der Waals surface area contributed by atoms with Crippen LogP contribution in [0.25, 0.3) is 10.2 Å². The van der Waals surface area contributed by atoms with E-state index in [4.69, 9.17) is 16.3 Å². The summed E-state index contributed by atoms with van der Waals surface area (Å²) in [5, 5.41) is 1.75. The second-order valence-corrected chi connectivity index (χ2v) is 7.40. The van der Waals surface area contributed by atoms with Gasteiger partial charge in [0.2, 0.25) is 0 Å². The van der Waals surface area contributed by atoms with Gasteiger partial charge in [-0.3, -0.25) is 0 Å². The highest BCUT2D eigenvalue weighted by molar-refractivity contribution is 7.18. The number of hydrogen-bond donors (Lipinski definition) is 0. The average Bonchev–Trinajstić information content (AvgIpc) is 2.88. The highest BCUT2D eigenvalue weighted by Gasteiger charge is 2.11.